The Bertz CT molecular complexity index is 804. The van der Waals surface area contributed by atoms with Crippen molar-refractivity contribution in [2.24, 2.45) is 5.41 Å². The quantitative estimate of drug-likeness (QED) is 0.724. The van der Waals surface area contributed by atoms with Gasteiger partial charge in [-0.15, -0.1) is 0 Å². The molecule has 1 heterocycles. The van der Waals surface area contributed by atoms with Crippen LogP contribution in [0.15, 0.2) is 23.1 Å². The van der Waals surface area contributed by atoms with Crippen molar-refractivity contribution in [2.45, 2.75) is 49.4 Å². The van der Waals surface area contributed by atoms with Gasteiger partial charge in [-0.25, -0.2) is 17.6 Å². The number of halogens is 2. The lowest BCUT2D eigenvalue weighted by Gasteiger charge is -2.58. The number of hydrogen-bond donors (Lipinski definition) is 0. The molecule has 0 N–H and O–H groups in total. The minimum absolute atomic E-state index is 0.0289. The number of carbonyl (C=O) groups is 1. The van der Waals surface area contributed by atoms with E-state index < -0.39 is 26.5 Å². The van der Waals surface area contributed by atoms with Gasteiger partial charge in [0.15, 0.2) is 9.84 Å². The number of hydrogen-bond acceptors (Lipinski definition) is 4. The maximum Gasteiger partial charge on any atom is 0.410 e. The molecule has 138 valence electrons. The molecule has 1 spiro atoms. The molecular weight excluding hydrogens is 369 g/mol. The first-order valence-electron chi connectivity index (χ1n) is 8.09. The SMILES string of the molecule is CC(C)(C)OC(=O)N1CC2(CC(S(=O)(=O)c3ccc(F)cc3Cl)C2)C1. The van der Waals surface area contributed by atoms with Crippen LogP contribution in [0.1, 0.15) is 33.6 Å². The Balaban J connectivity index is 1.61. The maximum atomic E-state index is 13.1. The lowest BCUT2D eigenvalue weighted by Crippen LogP contribution is -2.66. The number of nitrogens with zero attached hydrogens (tertiary/aromatic N) is 1. The van der Waals surface area contributed by atoms with Crippen LogP contribution < -0.4 is 0 Å². The van der Waals surface area contributed by atoms with Gasteiger partial charge in [0.05, 0.1) is 15.2 Å². The first-order valence-corrected chi connectivity index (χ1v) is 10.0. The van der Waals surface area contributed by atoms with Gasteiger partial charge in [0, 0.05) is 18.5 Å². The highest BCUT2D eigenvalue weighted by Gasteiger charge is 2.58. The number of ether oxygens (including phenoxy) is 1. The third-order valence-electron chi connectivity index (χ3n) is 4.66. The molecule has 8 heteroatoms. The van der Waals surface area contributed by atoms with E-state index in [-0.39, 0.29) is 21.4 Å². The van der Waals surface area contributed by atoms with Crippen LogP contribution >= 0.6 is 11.6 Å². The zero-order valence-electron chi connectivity index (χ0n) is 14.4. The van der Waals surface area contributed by atoms with Crippen LogP contribution in [0.4, 0.5) is 9.18 Å². The number of rotatable bonds is 2. The van der Waals surface area contributed by atoms with Gasteiger partial charge in [-0.3, -0.25) is 0 Å². The van der Waals surface area contributed by atoms with Crippen LogP contribution in [0.3, 0.4) is 0 Å². The van der Waals surface area contributed by atoms with E-state index in [0.29, 0.717) is 25.9 Å². The van der Waals surface area contributed by atoms with Crippen LogP contribution in [0, 0.1) is 11.2 Å². The van der Waals surface area contributed by atoms with Crippen molar-refractivity contribution in [1.82, 2.24) is 4.90 Å². The highest BCUT2D eigenvalue weighted by molar-refractivity contribution is 7.92. The average Bonchev–Trinajstić information content (AvgIpc) is 2.31. The molecule has 3 rings (SSSR count). The molecular formula is C17H21ClFNO4S. The number of carbonyl (C=O) groups excluding carboxylic acids is 1. The molecule has 1 aromatic carbocycles. The van der Waals surface area contributed by atoms with Crippen LogP contribution in [-0.4, -0.2) is 43.4 Å². The largest absolute Gasteiger partial charge is 0.444 e. The van der Waals surface area contributed by atoms with Crippen molar-refractivity contribution in [3.8, 4) is 0 Å². The smallest absolute Gasteiger partial charge is 0.410 e. The summed E-state index contributed by atoms with van der Waals surface area (Å²) in [7, 11) is -3.60. The molecule has 0 atom stereocenters. The Labute approximate surface area is 152 Å². The second-order valence-electron chi connectivity index (χ2n) is 7.99. The lowest BCUT2D eigenvalue weighted by molar-refractivity contribution is -0.0670. The highest BCUT2D eigenvalue weighted by Crippen LogP contribution is 2.52. The second-order valence-corrected chi connectivity index (χ2v) is 10.6. The predicted molar refractivity (Wildman–Crippen MR) is 91.9 cm³/mol. The fourth-order valence-electron chi connectivity index (χ4n) is 3.49. The molecule has 1 aromatic rings. The van der Waals surface area contributed by atoms with E-state index in [1.54, 1.807) is 25.7 Å². The molecule has 2 aliphatic rings. The molecule has 1 aliphatic carbocycles. The number of benzene rings is 1. The minimum atomic E-state index is -3.60. The molecule has 1 aliphatic heterocycles. The van der Waals surface area contributed by atoms with Gasteiger partial charge >= 0.3 is 6.09 Å². The van der Waals surface area contributed by atoms with Crippen LogP contribution in [0.2, 0.25) is 5.02 Å². The Morgan fingerprint density at radius 1 is 1.32 bits per heavy atom. The molecule has 0 radical (unpaired) electrons. The summed E-state index contributed by atoms with van der Waals surface area (Å²) in [6, 6.07) is 3.32. The molecule has 1 saturated carbocycles. The van der Waals surface area contributed by atoms with Crippen molar-refractivity contribution in [2.75, 3.05) is 13.1 Å². The van der Waals surface area contributed by atoms with E-state index >= 15 is 0 Å². The Morgan fingerprint density at radius 3 is 2.44 bits per heavy atom. The fourth-order valence-corrected chi connectivity index (χ4v) is 6.07. The minimum Gasteiger partial charge on any atom is -0.444 e. The van der Waals surface area contributed by atoms with E-state index in [1.807, 2.05) is 0 Å². The standard InChI is InChI=1S/C17H21ClFNO4S/c1-16(2,3)24-15(21)20-9-17(10-20)7-12(8-17)25(22,23)14-5-4-11(19)6-13(14)18/h4-6,12H,7-10H2,1-3H3. The maximum absolute atomic E-state index is 13.1. The topological polar surface area (TPSA) is 63.7 Å². The summed E-state index contributed by atoms with van der Waals surface area (Å²) >= 11 is 5.90. The van der Waals surface area contributed by atoms with Crippen LogP contribution in [0.5, 0.6) is 0 Å². The molecule has 0 unspecified atom stereocenters. The zero-order chi connectivity index (χ0) is 18.6. The van der Waals surface area contributed by atoms with Crippen molar-refractivity contribution in [1.29, 1.82) is 0 Å². The van der Waals surface area contributed by atoms with Gasteiger partial charge in [0.1, 0.15) is 11.4 Å². The molecule has 5 nitrogen and oxygen atoms in total. The molecule has 1 amide bonds. The summed E-state index contributed by atoms with van der Waals surface area (Å²) < 4.78 is 43.8. The summed E-state index contributed by atoms with van der Waals surface area (Å²) in [5.74, 6) is -0.568. The van der Waals surface area contributed by atoms with Crippen molar-refractivity contribution < 1.29 is 22.3 Å². The summed E-state index contributed by atoms with van der Waals surface area (Å²) in [4.78, 5) is 13.5. The van der Waals surface area contributed by atoms with Gasteiger partial charge in [-0.05, 0) is 51.8 Å². The molecule has 25 heavy (non-hydrogen) atoms. The summed E-state index contributed by atoms with van der Waals surface area (Å²) in [5, 5.41) is -0.638. The van der Waals surface area contributed by atoms with Crippen molar-refractivity contribution in [3.63, 3.8) is 0 Å². The average molecular weight is 390 g/mol. The third-order valence-corrected chi connectivity index (χ3v) is 7.27. The Hall–Kier alpha value is -1.34. The summed E-state index contributed by atoms with van der Waals surface area (Å²) in [5.41, 5.74) is -0.703. The van der Waals surface area contributed by atoms with Crippen molar-refractivity contribution in [3.05, 3.63) is 29.0 Å². The summed E-state index contributed by atoms with van der Waals surface area (Å²) in [6.07, 6.45) is 0.580. The predicted octanol–water partition coefficient (Wildman–Crippen LogP) is 3.65. The van der Waals surface area contributed by atoms with Gasteiger partial charge in [-0.2, -0.15) is 0 Å². The van der Waals surface area contributed by atoms with E-state index in [0.717, 1.165) is 12.1 Å². The Morgan fingerprint density at radius 2 is 1.92 bits per heavy atom. The fraction of sp³-hybridized carbons (Fsp3) is 0.588. The number of sulfone groups is 1. The first-order chi connectivity index (χ1) is 11.4. The Kier molecular flexibility index (Phi) is 4.31. The normalized spacial score (nSPS) is 20.1. The van der Waals surface area contributed by atoms with Crippen molar-refractivity contribution >= 4 is 27.5 Å². The van der Waals surface area contributed by atoms with E-state index in [4.69, 9.17) is 16.3 Å². The third kappa shape index (κ3) is 3.49. The van der Waals surface area contributed by atoms with E-state index in [2.05, 4.69) is 0 Å². The molecule has 0 bridgehead atoms. The monoisotopic (exact) mass is 389 g/mol. The summed E-state index contributed by atoms with van der Waals surface area (Å²) in [6.45, 7) is 6.42. The van der Waals surface area contributed by atoms with E-state index in [9.17, 15) is 17.6 Å². The van der Waals surface area contributed by atoms with E-state index in [1.165, 1.54) is 6.07 Å². The van der Waals surface area contributed by atoms with Gasteiger partial charge in [-0.1, -0.05) is 11.6 Å². The first kappa shape index (κ1) is 18.5. The lowest BCUT2D eigenvalue weighted by atomic mass is 9.63. The highest BCUT2D eigenvalue weighted by atomic mass is 35.5. The number of likely N-dealkylation sites (tertiary alicyclic amines) is 1. The van der Waals surface area contributed by atoms with Crippen LogP contribution in [0.25, 0.3) is 0 Å². The van der Waals surface area contributed by atoms with Crippen LogP contribution in [-0.2, 0) is 14.6 Å². The second kappa shape index (κ2) is 5.84. The molecule has 1 saturated heterocycles. The molecule has 0 aromatic heterocycles. The van der Waals surface area contributed by atoms with Gasteiger partial charge in [0.25, 0.3) is 0 Å². The number of amides is 1. The molecule has 2 fully saturated rings. The van der Waals surface area contributed by atoms with Gasteiger partial charge in [0.2, 0.25) is 0 Å². The van der Waals surface area contributed by atoms with Gasteiger partial charge < -0.3 is 9.64 Å². The zero-order valence-corrected chi connectivity index (χ0v) is 16.0.